The number of nitrogens with one attached hydrogen (secondary N) is 1. The van der Waals surface area contributed by atoms with Gasteiger partial charge in [0.15, 0.2) is 0 Å². The molecule has 1 aliphatic rings. The van der Waals surface area contributed by atoms with Crippen LogP contribution in [0.3, 0.4) is 0 Å². The van der Waals surface area contributed by atoms with Crippen LogP contribution in [0.2, 0.25) is 0 Å². The minimum Gasteiger partial charge on any atom is -0.407 e. The van der Waals surface area contributed by atoms with Crippen molar-refractivity contribution in [1.82, 2.24) is 15.5 Å². The second-order valence-corrected chi connectivity index (χ2v) is 5.01. The molecule has 1 saturated carbocycles. The van der Waals surface area contributed by atoms with Gasteiger partial charge in [-0.2, -0.15) is 0 Å². The smallest absolute Gasteiger partial charge is 0.318 e. The third-order valence-corrected chi connectivity index (χ3v) is 3.48. The molecule has 1 aromatic heterocycles. The normalized spacial score (nSPS) is 15.5. The van der Waals surface area contributed by atoms with Crippen LogP contribution >= 0.6 is 0 Å². The predicted octanol–water partition coefficient (Wildman–Crippen LogP) is 1.31. The Bertz CT molecular complexity index is 365. The van der Waals surface area contributed by atoms with Crippen molar-refractivity contribution in [2.24, 2.45) is 0 Å². The molecule has 6 heteroatoms. The summed E-state index contributed by atoms with van der Waals surface area (Å²) in [6.45, 7) is 4.68. The quantitative estimate of drug-likeness (QED) is 0.658. The average molecular weight is 268 g/mol. The van der Waals surface area contributed by atoms with Gasteiger partial charge in [-0.05, 0) is 38.6 Å². The van der Waals surface area contributed by atoms with Crippen LogP contribution in [-0.4, -0.2) is 41.0 Å². The molecule has 0 aromatic carbocycles. The van der Waals surface area contributed by atoms with E-state index in [0.717, 1.165) is 25.9 Å². The lowest BCUT2D eigenvalue weighted by Gasteiger charge is -2.36. The Labute approximate surface area is 114 Å². The number of anilines is 1. The summed E-state index contributed by atoms with van der Waals surface area (Å²) in [7, 11) is 0. The summed E-state index contributed by atoms with van der Waals surface area (Å²) in [5.41, 5.74) is 0. The van der Waals surface area contributed by atoms with E-state index >= 15 is 0 Å². The Kier molecular flexibility index (Phi) is 5.60. The van der Waals surface area contributed by atoms with Gasteiger partial charge < -0.3 is 19.7 Å². The van der Waals surface area contributed by atoms with Crippen molar-refractivity contribution in [3.8, 4) is 0 Å². The highest BCUT2D eigenvalue weighted by molar-refractivity contribution is 5.27. The lowest BCUT2D eigenvalue weighted by atomic mass is 9.91. The van der Waals surface area contributed by atoms with E-state index in [9.17, 15) is 0 Å². The van der Waals surface area contributed by atoms with Crippen LogP contribution in [0.4, 0.5) is 6.01 Å². The summed E-state index contributed by atoms with van der Waals surface area (Å²) in [5, 5.41) is 20.4. The SMILES string of the molecule is CCCNCc1nnc(N(CCCO)C2CCC2)o1. The fourth-order valence-electron chi connectivity index (χ4n) is 2.18. The van der Waals surface area contributed by atoms with E-state index in [1.165, 1.54) is 19.3 Å². The van der Waals surface area contributed by atoms with Crippen LogP contribution < -0.4 is 10.2 Å². The molecule has 0 spiro atoms. The number of aliphatic hydroxyl groups excluding tert-OH is 1. The number of hydrogen-bond donors (Lipinski definition) is 2. The number of aliphatic hydroxyl groups is 1. The summed E-state index contributed by atoms with van der Waals surface area (Å²) >= 11 is 0. The molecule has 19 heavy (non-hydrogen) atoms. The Morgan fingerprint density at radius 2 is 2.26 bits per heavy atom. The second kappa shape index (κ2) is 7.45. The van der Waals surface area contributed by atoms with Crippen molar-refractivity contribution in [1.29, 1.82) is 0 Å². The minimum atomic E-state index is 0.197. The molecule has 0 saturated heterocycles. The van der Waals surface area contributed by atoms with E-state index in [1.807, 2.05) is 0 Å². The first kappa shape index (κ1) is 14.3. The largest absolute Gasteiger partial charge is 0.407 e. The van der Waals surface area contributed by atoms with E-state index in [2.05, 4.69) is 27.3 Å². The first-order chi connectivity index (χ1) is 9.35. The molecule has 0 bridgehead atoms. The molecule has 2 N–H and O–H groups in total. The fourth-order valence-corrected chi connectivity index (χ4v) is 2.18. The third kappa shape index (κ3) is 3.91. The van der Waals surface area contributed by atoms with Gasteiger partial charge in [-0.3, -0.25) is 0 Å². The van der Waals surface area contributed by atoms with Crippen molar-refractivity contribution in [3.05, 3.63) is 5.89 Å². The van der Waals surface area contributed by atoms with Gasteiger partial charge in [0.05, 0.1) is 6.54 Å². The molecular formula is C13H24N4O2. The molecule has 0 atom stereocenters. The molecule has 0 radical (unpaired) electrons. The van der Waals surface area contributed by atoms with Gasteiger partial charge in [-0.25, -0.2) is 0 Å². The van der Waals surface area contributed by atoms with Gasteiger partial charge in [-0.1, -0.05) is 12.0 Å². The number of aromatic nitrogens is 2. The highest BCUT2D eigenvalue weighted by atomic mass is 16.4. The van der Waals surface area contributed by atoms with Crippen molar-refractivity contribution in [3.63, 3.8) is 0 Å². The predicted molar refractivity (Wildman–Crippen MR) is 73.0 cm³/mol. The molecule has 6 nitrogen and oxygen atoms in total. The Balaban J connectivity index is 1.92. The van der Waals surface area contributed by atoms with Crippen LogP contribution in [0.25, 0.3) is 0 Å². The zero-order valence-electron chi connectivity index (χ0n) is 11.6. The Hall–Kier alpha value is -1.14. The third-order valence-electron chi connectivity index (χ3n) is 3.48. The molecule has 0 unspecified atom stereocenters. The molecule has 1 aromatic rings. The molecular weight excluding hydrogens is 244 g/mol. The maximum absolute atomic E-state index is 8.98. The van der Waals surface area contributed by atoms with Crippen LogP contribution in [0, 0.1) is 0 Å². The van der Waals surface area contributed by atoms with E-state index in [-0.39, 0.29) is 6.61 Å². The number of hydrogen-bond acceptors (Lipinski definition) is 6. The van der Waals surface area contributed by atoms with E-state index < -0.39 is 0 Å². The van der Waals surface area contributed by atoms with Crippen LogP contribution in [0.15, 0.2) is 4.42 Å². The van der Waals surface area contributed by atoms with Gasteiger partial charge >= 0.3 is 6.01 Å². The molecule has 1 heterocycles. The summed E-state index contributed by atoms with van der Waals surface area (Å²) < 4.78 is 5.71. The lowest BCUT2D eigenvalue weighted by Crippen LogP contribution is -2.41. The van der Waals surface area contributed by atoms with Gasteiger partial charge in [0.1, 0.15) is 0 Å². The molecule has 108 valence electrons. The van der Waals surface area contributed by atoms with Crippen LogP contribution in [-0.2, 0) is 6.54 Å². The van der Waals surface area contributed by atoms with Crippen LogP contribution in [0.1, 0.15) is 44.9 Å². The first-order valence-corrected chi connectivity index (χ1v) is 7.25. The van der Waals surface area contributed by atoms with Crippen molar-refractivity contribution >= 4 is 6.01 Å². The molecule has 1 fully saturated rings. The first-order valence-electron chi connectivity index (χ1n) is 7.25. The van der Waals surface area contributed by atoms with Gasteiger partial charge in [0, 0.05) is 19.2 Å². The van der Waals surface area contributed by atoms with Crippen LogP contribution in [0.5, 0.6) is 0 Å². The Morgan fingerprint density at radius 1 is 1.42 bits per heavy atom. The maximum Gasteiger partial charge on any atom is 0.318 e. The van der Waals surface area contributed by atoms with E-state index in [1.54, 1.807) is 0 Å². The van der Waals surface area contributed by atoms with E-state index in [0.29, 0.717) is 24.5 Å². The fraction of sp³-hybridized carbons (Fsp3) is 0.846. The highest BCUT2D eigenvalue weighted by Gasteiger charge is 2.28. The Morgan fingerprint density at radius 3 is 2.89 bits per heavy atom. The average Bonchev–Trinajstić information content (AvgIpc) is 2.81. The second-order valence-electron chi connectivity index (χ2n) is 5.01. The topological polar surface area (TPSA) is 74.4 Å². The van der Waals surface area contributed by atoms with Gasteiger partial charge in [0.2, 0.25) is 5.89 Å². The molecule has 0 amide bonds. The monoisotopic (exact) mass is 268 g/mol. The maximum atomic E-state index is 8.98. The van der Waals surface area contributed by atoms with Crippen molar-refractivity contribution in [2.75, 3.05) is 24.6 Å². The summed E-state index contributed by atoms with van der Waals surface area (Å²) in [5.74, 6) is 0.636. The number of nitrogens with zero attached hydrogens (tertiary/aromatic N) is 3. The summed E-state index contributed by atoms with van der Waals surface area (Å²) in [6.07, 6.45) is 5.45. The summed E-state index contributed by atoms with van der Waals surface area (Å²) in [4.78, 5) is 2.15. The molecule has 0 aliphatic heterocycles. The molecule has 2 rings (SSSR count). The van der Waals surface area contributed by atoms with Gasteiger partial charge in [-0.15, -0.1) is 5.10 Å². The summed E-state index contributed by atoms with van der Waals surface area (Å²) in [6, 6.07) is 1.11. The minimum absolute atomic E-state index is 0.197. The number of rotatable bonds is 9. The zero-order valence-corrected chi connectivity index (χ0v) is 11.6. The van der Waals surface area contributed by atoms with Gasteiger partial charge in [0.25, 0.3) is 0 Å². The lowest BCUT2D eigenvalue weighted by molar-refractivity contribution is 0.279. The van der Waals surface area contributed by atoms with Crippen molar-refractivity contribution < 1.29 is 9.52 Å². The van der Waals surface area contributed by atoms with E-state index in [4.69, 9.17) is 9.52 Å². The zero-order chi connectivity index (χ0) is 13.5. The molecule has 1 aliphatic carbocycles. The highest BCUT2D eigenvalue weighted by Crippen LogP contribution is 2.28. The van der Waals surface area contributed by atoms with Crippen molar-refractivity contribution in [2.45, 2.75) is 51.6 Å². The standard InChI is InChI=1S/C13H24N4O2/c1-2-7-14-10-12-15-16-13(19-12)17(8-4-9-18)11-5-3-6-11/h11,14,18H,2-10H2,1H3.